The lowest BCUT2D eigenvalue weighted by molar-refractivity contribution is -0.137. The van der Waals surface area contributed by atoms with Gasteiger partial charge in [-0.05, 0) is 25.0 Å². The summed E-state index contributed by atoms with van der Waals surface area (Å²) in [6.45, 7) is 0.319. The summed E-state index contributed by atoms with van der Waals surface area (Å²) in [4.78, 5) is 22.4. The van der Waals surface area contributed by atoms with Crippen molar-refractivity contribution in [3.05, 3.63) is 29.8 Å². The quantitative estimate of drug-likeness (QED) is 0.572. The number of hydrogen-bond donors (Lipinski definition) is 2. The third kappa shape index (κ3) is 6.01. The minimum atomic E-state index is -2.58. The van der Waals surface area contributed by atoms with Crippen LogP contribution in [-0.2, 0) is 4.79 Å². The maximum Gasteiger partial charge on any atom is 0.303 e. The van der Waals surface area contributed by atoms with E-state index in [9.17, 15) is 18.4 Å². The second-order valence-corrected chi connectivity index (χ2v) is 5.01. The van der Waals surface area contributed by atoms with Crippen LogP contribution in [-0.4, -0.2) is 29.3 Å². The van der Waals surface area contributed by atoms with Crippen molar-refractivity contribution in [2.45, 2.75) is 29.9 Å². The van der Waals surface area contributed by atoms with E-state index in [0.29, 0.717) is 31.1 Å². The number of carbonyl (C=O) groups is 2. The van der Waals surface area contributed by atoms with Gasteiger partial charge in [0.05, 0.1) is 5.56 Å². The third-order valence-corrected chi connectivity index (χ3v) is 3.24. The fourth-order valence-electron chi connectivity index (χ4n) is 1.55. The van der Waals surface area contributed by atoms with Gasteiger partial charge in [-0.25, -0.2) is 0 Å². The van der Waals surface area contributed by atoms with Crippen LogP contribution in [0.2, 0.25) is 0 Å². The van der Waals surface area contributed by atoms with Gasteiger partial charge < -0.3 is 10.4 Å². The highest BCUT2D eigenvalue weighted by atomic mass is 32.2. The SMILES string of the molecule is O=C(O)CCCCNC(=O)c1ccccc1SC(F)F. The van der Waals surface area contributed by atoms with Gasteiger partial charge in [-0.15, -0.1) is 0 Å². The van der Waals surface area contributed by atoms with E-state index in [4.69, 9.17) is 5.11 Å². The Morgan fingerprint density at radius 1 is 1.25 bits per heavy atom. The first-order valence-electron chi connectivity index (χ1n) is 6.04. The summed E-state index contributed by atoms with van der Waals surface area (Å²) in [6, 6.07) is 6.15. The minimum Gasteiger partial charge on any atom is -0.481 e. The summed E-state index contributed by atoms with van der Waals surface area (Å²) in [5.74, 6) is -3.89. The fraction of sp³-hybridized carbons (Fsp3) is 0.385. The molecular formula is C13H15F2NO3S. The average Bonchev–Trinajstić information content (AvgIpc) is 2.37. The number of nitrogens with one attached hydrogen (secondary N) is 1. The van der Waals surface area contributed by atoms with E-state index in [2.05, 4.69) is 5.32 Å². The van der Waals surface area contributed by atoms with Gasteiger partial charge in [0.15, 0.2) is 0 Å². The summed E-state index contributed by atoms with van der Waals surface area (Å²) in [5.41, 5.74) is 0.205. The Morgan fingerprint density at radius 2 is 1.95 bits per heavy atom. The normalized spacial score (nSPS) is 10.6. The lowest BCUT2D eigenvalue weighted by Gasteiger charge is -2.09. The van der Waals surface area contributed by atoms with Crippen molar-refractivity contribution in [2.24, 2.45) is 0 Å². The van der Waals surface area contributed by atoms with Crippen LogP contribution in [0.3, 0.4) is 0 Å². The largest absolute Gasteiger partial charge is 0.481 e. The van der Waals surface area contributed by atoms with Crippen LogP contribution >= 0.6 is 11.8 Å². The number of carboxylic acid groups (broad SMARTS) is 1. The molecule has 1 amide bonds. The second kappa shape index (κ2) is 8.52. The highest BCUT2D eigenvalue weighted by Gasteiger charge is 2.14. The summed E-state index contributed by atoms with van der Waals surface area (Å²) < 4.78 is 24.7. The van der Waals surface area contributed by atoms with Crippen LogP contribution in [0.25, 0.3) is 0 Å². The lowest BCUT2D eigenvalue weighted by atomic mass is 10.2. The molecule has 0 saturated heterocycles. The third-order valence-electron chi connectivity index (χ3n) is 2.45. The number of carboxylic acids is 1. The molecule has 0 spiro atoms. The maximum atomic E-state index is 12.4. The number of carbonyl (C=O) groups excluding carboxylic acids is 1. The Morgan fingerprint density at radius 3 is 2.60 bits per heavy atom. The monoisotopic (exact) mass is 303 g/mol. The van der Waals surface area contributed by atoms with E-state index in [-0.39, 0.29) is 16.9 Å². The fourth-order valence-corrected chi connectivity index (χ4v) is 2.19. The van der Waals surface area contributed by atoms with Crippen molar-refractivity contribution in [1.29, 1.82) is 0 Å². The van der Waals surface area contributed by atoms with Gasteiger partial charge in [-0.2, -0.15) is 8.78 Å². The van der Waals surface area contributed by atoms with Crippen molar-refractivity contribution in [3.63, 3.8) is 0 Å². The first-order chi connectivity index (χ1) is 9.50. The van der Waals surface area contributed by atoms with E-state index in [1.165, 1.54) is 12.1 Å². The lowest BCUT2D eigenvalue weighted by Crippen LogP contribution is -2.25. The van der Waals surface area contributed by atoms with Crippen LogP contribution in [0, 0.1) is 0 Å². The molecule has 7 heteroatoms. The summed E-state index contributed by atoms with van der Waals surface area (Å²) >= 11 is 0.329. The molecule has 1 aromatic rings. The molecule has 0 aliphatic heterocycles. The van der Waals surface area contributed by atoms with Crippen molar-refractivity contribution in [2.75, 3.05) is 6.54 Å². The molecule has 0 atom stereocenters. The Bertz CT molecular complexity index is 469. The molecule has 0 bridgehead atoms. The van der Waals surface area contributed by atoms with Gasteiger partial charge >= 0.3 is 5.97 Å². The molecule has 1 rings (SSSR count). The summed E-state index contributed by atoms with van der Waals surface area (Å²) in [5, 5.41) is 11.1. The molecule has 4 nitrogen and oxygen atoms in total. The molecule has 0 heterocycles. The number of amides is 1. The predicted octanol–water partition coefficient (Wildman–Crippen LogP) is 2.99. The van der Waals surface area contributed by atoms with Gasteiger partial charge in [0, 0.05) is 17.9 Å². The standard InChI is InChI=1S/C13H15F2NO3S/c14-13(15)20-10-6-2-1-5-9(10)12(19)16-8-4-3-7-11(17)18/h1-2,5-6,13H,3-4,7-8H2,(H,16,19)(H,17,18). The molecule has 110 valence electrons. The van der Waals surface area contributed by atoms with Crippen molar-refractivity contribution < 1.29 is 23.5 Å². The van der Waals surface area contributed by atoms with Crippen LogP contribution in [0.4, 0.5) is 8.78 Å². The Labute approximate surface area is 119 Å². The van der Waals surface area contributed by atoms with E-state index in [0.717, 1.165) is 0 Å². The van der Waals surface area contributed by atoms with Crippen LogP contribution in [0.5, 0.6) is 0 Å². The molecule has 0 aliphatic rings. The van der Waals surface area contributed by atoms with Crippen LogP contribution < -0.4 is 5.32 Å². The molecule has 0 aliphatic carbocycles. The topological polar surface area (TPSA) is 66.4 Å². The number of rotatable bonds is 8. The number of hydrogen-bond acceptors (Lipinski definition) is 3. The summed E-state index contributed by atoms with van der Waals surface area (Å²) in [7, 11) is 0. The Balaban J connectivity index is 2.48. The molecule has 2 N–H and O–H groups in total. The first-order valence-corrected chi connectivity index (χ1v) is 6.92. The zero-order valence-corrected chi connectivity index (χ0v) is 11.5. The first kappa shape index (κ1) is 16.4. The number of aliphatic carboxylic acids is 1. The van der Waals surface area contributed by atoms with Gasteiger partial charge in [0.2, 0.25) is 0 Å². The Hall–Kier alpha value is -1.63. The van der Waals surface area contributed by atoms with Crippen molar-refractivity contribution in [1.82, 2.24) is 5.32 Å². The number of halogens is 2. The highest BCUT2D eigenvalue weighted by molar-refractivity contribution is 7.99. The van der Waals surface area contributed by atoms with E-state index in [1.54, 1.807) is 12.1 Å². The van der Waals surface area contributed by atoms with Crippen molar-refractivity contribution in [3.8, 4) is 0 Å². The van der Waals surface area contributed by atoms with Gasteiger partial charge in [-0.1, -0.05) is 23.9 Å². The predicted molar refractivity (Wildman–Crippen MR) is 72.1 cm³/mol. The smallest absolute Gasteiger partial charge is 0.303 e. The van der Waals surface area contributed by atoms with Crippen molar-refractivity contribution >= 4 is 23.6 Å². The molecule has 0 aromatic heterocycles. The Kier molecular flexibility index (Phi) is 7.00. The van der Waals surface area contributed by atoms with E-state index >= 15 is 0 Å². The van der Waals surface area contributed by atoms with Gasteiger partial charge in [-0.3, -0.25) is 9.59 Å². The van der Waals surface area contributed by atoms with E-state index < -0.39 is 17.6 Å². The zero-order chi connectivity index (χ0) is 15.0. The number of thioether (sulfide) groups is 1. The average molecular weight is 303 g/mol. The molecule has 0 unspecified atom stereocenters. The number of alkyl halides is 2. The minimum absolute atomic E-state index is 0.0493. The second-order valence-electron chi connectivity index (χ2n) is 3.98. The van der Waals surface area contributed by atoms with Crippen LogP contribution in [0.15, 0.2) is 29.2 Å². The molecule has 0 radical (unpaired) electrons. The number of benzene rings is 1. The zero-order valence-electron chi connectivity index (χ0n) is 10.6. The molecule has 0 saturated carbocycles. The van der Waals surface area contributed by atoms with E-state index in [1.807, 2.05) is 0 Å². The molecule has 20 heavy (non-hydrogen) atoms. The summed E-state index contributed by atoms with van der Waals surface area (Å²) in [6.07, 6.45) is 1.04. The van der Waals surface area contributed by atoms with Gasteiger partial charge in [0.1, 0.15) is 0 Å². The highest BCUT2D eigenvalue weighted by Crippen LogP contribution is 2.28. The molecule has 1 aromatic carbocycles. The number of unbranched alkanes of at least 4 members (excludes halogenated alkanes) is 1. The van der Waals surface area contributed by atoms with Gasteiger partial charge in [0.25, 0.3) is 11.7 Å². The maximum absolute atomic E-state index is 12.4. The molecular weight excluding hydrogens is 288 g/mol. The van der Waals surface area contributed by atoms with Crippen LogP contribution in [0.1, 0.15) is 29.6 Å². The molecule has 0 fully saturated rings.